The number of nitrogens with one attached hydrogen (secondary N) is 2. The van der Waals surface area contributed by atoms with E-state index < -0.39 is 5.60 Å². The van der Waals surface area contributed by atoms with Crippen LogP contribution in [0.25, 0.3) is 0 Å². The zero-order valence-corrected chi connectivity index (χ0v) is 13.5. The van der Waals surface area contributed by atoms with Crippen LogP contribution in [0.4, 0.5) is 4.79 Å². The molecular formula is C15H30N2O3. The fourth-order valence-corrected chi connectivity index (χ4v) is 2.31. The first-order valence-corrected chi connectivity index (χ1v) is 7.52. The lowest BCUT2D eigenvalue weighted by molar-refractivity contribution is -0.0627. The molecule has 0 aromatic carbocycles. The van der Waals surface area contributed by atoms with Crippen LogP contribution in [0, 0.1) is 0 Å². The van der Waals surface area contributed by atoms with E-state index >= 15 is 0 Å². The maximum Gasteiger partial charge on any atom is 0.407 e. The normalized spacial score (nSPS) is 22.4. The summed E-state index contributed by atoms with van der Waals surface area (Å²) in [5.74, 6) is 0. The average Bonchev–Trinajstić information content (AvgIpc) is 2.24. The molecule has 5 nitrogen and oxygen atoms in total. The number of rotatable bonds is 5. The molecule has 0 radical (unpaired) electrons. The summed E-state index contributed by atoms with van der Waals surface area (Å²) in [7, 11) is 0. The fraction of sp³-hybridized carbons (Fsp3) is 0.933. The lowest BCUT2D eigenvalue weighted by Gasteiger charge is -2.36. The summed E-state index contributed by atoms with van der Waals surface area (Å²) in [4.78, 5) is 11.4. The van der Waals surface area contributed by atoms with Gasteiger partial charge in [-0.1, -0.05) is 0 Å². The number of carbonyl (C=O) groups excluding carboxylic acids is 1. The molecule has 20 heavy (non-hydrogen) atoms. The fourth-order valence-electron chi connectivity index (χ4n) is 2.31. The summed E-state index contributed by atoms with van der Waals surface area (Å²) >= 11 is 0. The van der Waals surface area contributed by atoms with Gasteiger partial charge in [0.05, 0.1) is 5.60 Å². The number of alkyl carbamates (subject to hydrolysis) is 1. The molecule has 1 fully saturated rings. The highest BCUT2D eigenvalue weighted by Gasteiger charge is 2.28. The van der Waals surface area contributed by atoms with Crippen molar-refractivity contribution >= 4 is 6.09 Å². The third-order valence-electron chi connectivity index (χ3n) is 3.15. The molecule has 0 spiro atoms. The number of carbonyl (C=O) groups is 1. The van der Waals surface area contributed by atoms with Crippen molar-refractivity contribution in [2.24, 2.45) is 0 Å². The second-order valence-corrected chi connectivity index (χ2v) is 7.03. The summed E-state index contributed by atoms with van der Waals surface area (Å²) < 4.78 is 10.9. The van der Waals surface area contributed by atoms with Crippen LogP contribution in [0.15, 0.2) is 0 Å². The Bertz CT molecular complexity index is 311. The van der Waals surface area contributed by atoms with Gasteiger partial charge in [0.1, 0.15) is 5.60 Å². The quantitative estimate of drug-likeness (QED) is 0.762. The molecule has 0 aromatic rings. The molecule has 0 aromatic heterocycles. The molecule has 1 aliphatic heterocycles. The van der Waals surface area contributed by atoms with Crippen LogP contribution >= 0.6 is 0 Å². The SMILES string of the molecule is CC(C)(C)OC(=O)NCCCNC1CCOC(C)(C)C1. The second kappa shape index (κ2) is 7.27. The minimum atomic E-state index is -0.435. The van der Waals surface area contributed by atoms with Gasteiger partial charge in [0.25, 0.3) is 0 Å². The van der Waals surface area contributed by atoms with E-state index in [2.05, 4.69) is 24.5 Å². The summed E-state index contributed by atoms with van der Waals surface area (Å²) in [6, 6.07) is 0.514. The first kappa shape index (κ1) is 17.2. The highest BCUT2D eigenvalue weighted by atomic mass is 16.6. The van der Waals surface area contributed by atoms with E-state index in [-0.39, 0.29) is 11.7 Å². The molecule has 5 heteroatoms. The maximum absolute atomic E-state index is 11.4. The van der Waals surface area contributed by atoms with Crippen molar-refractivity contribution in [3.63, 3.8) is 0 Å². The van der Waals surface area contributed by atoms with Crippen LogP contribution in [0.5, 0.6) is 0 Å². The predicted molar refractivity (Wildman–Crippen MR) is 79.9 cm³/mol. The van der Waals surface area contributed by atoms with Crippen molar-refractivity contribution in [1.29, 1.82) is 0 Å². The molecule has 1 atom stereocenters. The van der Waals surface area contributed by atoms with Gasteiger partial charge < -0.3 is 20.1 Å². The highest BCUT2D eigenvalue weighted by Crippen LogP contribution is 2.23. The molecule has 0 aliphatic carbocycles. The van der Waals surface area contributed by atoms with Crippen molar-refractivity contribution < 1.29 is 14.3 Å². The molecule has 0 bridgehead atoms. The van der Waals surface area contributed by atoms with E-state index in [1.165, 1.54) is 0 Å². The zero-order chi connectivity index (χ0) is 15.2. The van der Waals surface area contributed by atoms with Gasteiger partial charge in [-0.25, -0.2) is 4.79 Å². The third kappa shape index (κ3) is 7.70. The van der Waals surface area contributed by atoms with Crippen LogP contribution < -0.4 is 10.6 Å². The first-order valence-electron chi connectivity index (χ1n) is 7.52. The average molecular weight is 286 g/mol. The van der Waals surface area contributed by atoms with E-state index in [4.69, 9.17) is 9.47 Å². The number of hydrogen-bond donors (Lipinski definition) is 2. The first-order chi connectivity index (χ1) is 9.18. The molecule has 1 unspecified atom stereocenters. The smallest absolute Gasteiger partial charge is 0.407 e. The predicted octanol–water partition coefficient (Wildman–Crippen LogP) is 2.45. The molecule has 1 heterocycles. The number of hydrogen-bond acceptors (Lipinski definition) is 4. The van der Waals surface area contributed by atoms with Crippen LogP contribution in [-0.4, -0.2) is 43.0 Å². The highest BCUT2D eigenvalue weighted by molar-refractivity contribution is 5.67. The minimum absolute atomic E-state index is 0.0231. The van der Waals surface area contributed by atoms with Crippen molar-refractivity contribution in [3.05, 3.63) is 0 Å². The minimum Gasteiger partial charge on any atom is -0.444 e. The maximum atomic E-state index is 11.4. The van der Waals surface area contributed by atoms with Crippen molar-refractivity contribution in [1.82, 2.24) is 10.6 Å². The third-order valence-corrected chi connectivity index (χ3v) is 3.15. The van der Waals surface area contributed by atoms with E-state index in [0.717, 1.165) is 32.4 Å². The van der Waals surface area contributed by atoms with Crippen molar-refractivity contribution in [2.45, 2.75) is 71.1 Å². The molecule has 118 valence electrons. The number of ether oxygens (including phenoxy) is 2. The molecule has 1 aliphatic rings. The lowest BCUT2D eigenvalue weighted by atomic mass is 9.94. The Labute approximate surface area is 122 Å². The van der Waals surface area contributed by atoms with Gasteiger partial charge in [0, 0.05) is 19.2 Å². The van der Waals surface area contributed by atoms with E-state index in [0.29, 0.717) is 12.6 Å². The van der Waals surface area contributed by atoms with Gasteiger partial charge in [0.2, 0.25) is 0 Å². The van der Waals surface area contributed by atoms with E-state index in [1.807, 2.05) is 20.8 Å². The zero-order valence-electron chi connectivity index (χ0n) is 13.5. The standard InChI is InChI=1S/C15H30N2O3/c1-14(2,3)20-13(18)17-9-6-8-16-12-7-10-19-15(4,5)11-12/h12,16H,6-11H2,1-5H3,(H,17,18). The van der Waals surface area contributed by atoms with Gasteiger partial charge in [-0.2, -0.15) is 0 Å². The Morgan fingerprint density at radius 3 is 2.65 bits per heavy atom. The Hall–Kier alpha value is -0.810. The molecule has 2 N–H and O–H groups in total. The van der Waals surface area contributed by atoms with Crippen LogP contribution in [0.1, 0.15) is 53.9 Å². The van der Waals surface area contributed by atoms with E-state index in [1.54, 1.807) is 0 Å². The molecule has 0 saturated carbocycles. The van der Waals surface area contributed by atoms with Gasteiger partial charge in [-0.05, 0) is 60.4 Å². The Kier molecular flexibility index (Phi) is 6.27. The summed E-state index contributed by atoms with van der Waals surface area (Å²) in [6.45, 7) is 12.2. The second-order valence-electron chi connectivity index (χ2n) is 7.03. The summed E-state index contributed by atoms with van der Waals surface area (Å²) in [5, 5.41) is 6.29. The summed E-state index contributed by atoms with van der Waals surface area (Å²) in [6.07, 6.45) is 2.65. The largest absolute Gasteiger partial charge is 0.444 e. The van der Waals surface area contributed by atoms with Crippen LogP contribution in [0.3, 0.4) is 0 Å². The van der Waals surface area contributed by atoms with Crippen molar-refractivity contribution in [2.75, 3.05) is 19.7 Å². The molecule has 1 rings (SSSR count). The monoisotopic (exact) mass is 286 g/mol. The van der Waals surface area contributed by atoms with Crippen LogP contribution in [-0.2, 0) is 9.47 Å². The Balaban J connectivity index is 2.06. The van der Waals surface area contributed by atoms with E-state index in [9.17, 15) is 4.79 Å². The van der Waals surface area contributed by atoms with Gasteiger partial charge in [0.15, 0.2) is 0 Å². The number of amides is 1. The lowest BCUT2D eigenvalue weighted by Crippen LogP contribution is -2.44. The van der Waals surface area contributed by atoms with Gasteiger partial charge in [-0.3, -0.25) is 0 Å². The molecule has 1 saturated heterocycles. The Morgan fingerprint density at radius 2 is 2.05 bits per heavy atom. The van der Waals surface area contributed by atoms with Gasteiger partial charge >= 0.3 is 6.09 Å². The summed E-state index contributed by atoms with van der Waals surface area (Å²) in [5.41, 5.74) is -0.458. The van der Waals surface area contributed by atoms with Crippen LogP contribution in [0.2, 0.25) is 0 Å². The molecular weight excluding hydrogens is 256 g/mol. The van der Waals surface area contributed by atoms with Gasteiger partial charge in [-0.15, -0.1) is 0 Å². The topological polar surface area (TPSA) is 59.6 Å². The molecule has 1 amide bonds. The van der Waals surface area contributed by atoms with Crippen molar-refractivity contribution in [3.8, 4) is 0 Å². The Morgan fingerprint density at radius 1 is 1.35 bits per heavy atom.